The van der Waals surface area contributed by atoms with Crippen molar-refractivity contribution in [3.8, 4) is 0 Å². The van der Waals surface area contributed by atoms with Crippen molar-refractivity contribution in [1.82, 2.24) is 9.62 Å². The van der Waals surface area contributed by atoms with Gasteiger partial charge in [-0.1, -0.05) is 52.3 Å². The van der Waals surface area contributed by atoms with Crippen LogP contribution in [-0.4, -0.2) is 24.7 Å². The predicted molar refractivity (Wildman–Crippen MR) is 124 cm³/mol. The third-order valence-electron chi connectivity index (χ3n) is 5.66. The van der Waals surface area contributed by atoms with Crippen LogP contribution in [0.1, 0.15) is 29.7 Å². The van der Waals surface area contributed by atoms with Crippen molar-refractivity contribution in [2.45, 2.75) is 36.9 Å². The highest BCUT2D eigenvalue weighted by Gasteiger charge is 2.39. The number of amides is 1. The monoisotopic (exact) mass is 516 g/mol. The van der Waals surface area contributed by atoms with Crippen molar-refractivity contribution in [1.29, 1.82) is 0 Å². The number of benzene rings is 3. The van der Waals surface area contributed by atoms with Gasteiger partial charge in [-0.25, -0.2) is 12.8 Å². The number of fused-ring (bicyclic) bond motifs is 1. The van der Waals surface area contributed by atoms with Crippen LogP contribution in [0.4, 0.5) is 4.39 Å². The SMILES string of the molecule is CC(NC(=O)C1Cc2ccccc2CN1S(=O)(=O)c1ccc(F)cc1)c1ccc(Br)cc1. The number of nitrogens with one attached hydrogen (secondary N) is 1. The standard InChI is InChI=1S/C24H22BrFN2O3S/c1-16(17-6-8-20(25)9-7-17)27-24(29)23-14-18-4-2-3-5-19(18)15-28(23)32(30,31)22-12-10-21(26)11-13-22/h2-13,16,23H,14-15H2,1H3,(H,27,29). The molecule has 1 aliphatic rings. The fraction of sp³-hybridized carbons (Fsp3) is 0.208. The van der Waals surface area contributed by atoms with E-state index < -0.39 is 21.9 Å². The molecule has 1 heterocycles. The summed E-state index contributed by atoms with van der Waals surface area (Å²) in [4.78, 5) is 13.3. The highest BCUT2D eigenvalue weighted by molar-refractivity contribution is 9.10. The molecule has 4 rings (SSSR count). The topological polar surface area (TPSA) is 66.5 Å². The summed E-state index contributed by atoms with van der Waals surface area (Å²) in [6.45, 7) is 1.93. The molecule has 3 aromatic rings. The van der Waals surface area contributed by atoms with E-state index in [0.717, 1.165) is 33.3 Å². The van der Waals surface area contributed by atoms with Gasteiger partial charge in [0.2, 0.25) is 15.9 Å². The Labute approximate surface area is 195 Å². The second kappa shape index (κ2) is 9.13. The Morgan fingerprint density at radius 1 is 1.03 bits per heavy atom. The van der Waals surface area contributed by atoms with E-state index in [1.165, 1.54) is 16.4 Å². The molecule has 0 aliphatic carbocycles. The molecule has 0 radical (unpaired) electrons. The van der Waals surface area contributed by atoms with Crippen LogP contribution in [0.25, 0.3) is 0 Å². The lowest BCUT2D eigenvalue weighted by atomic mass is 9.95. The lowest BCUT2D eigenvalue weighted by Gasteiger charge is -2.35. The molecule has 3 aromatic carbocycles. The molecule has 0 aromatic heterocycles. The quantitative estimate of drug-likeness (QED) is 0.539. The summed E-state index contributed by atoms with van der Waals surface area (Å²) in [5.41, 5.74) is 2.70. The molecule has 2 atom stereocenters. The van der Waals surface area contributed by atoms with Crippen molar-refractivity contribution in [2.75, 3.05) is 0 Å². The Morgan fingerprint density at radius 3 is 2.31 bits per heavy atom. The normalized spacial score (nSPS) is 17.4. The Morgan fingerprint density at radius 2 is 1.66 bits per heavy atom. The van der Waals surface area contributed by atoms with Gasteiger partial charge in [-0.3, -0.25) is 4.79 Å². The zero-order chi connectivity index (χ0) is 22.9. The summed E-state index contributed by atoms with van der Waals surface area (Å²) in [5.74, 6) is -0.897. The largest absolute Gasteiger partial charge is 0.348 e. The number of carbonyl (C=O) groups is 1. The van der Waals surface area contributed by atoms with Gasteiger partial charge in [0.05, 0.1) is 10.9 Å². The third kappa shape index (κ3) is 4.62. The van der Waals surface area contributed by atoms with E-state index in [0.29, 0.717) is 0 Å². The van der Waals surface area contributed by atoms with E-state index in [-0.39, 0.29) is 29.8 Å². The van der Waals surface area contributed by atoms with E-state index in [4.69, 9.17) is 0 Å². The summed E-state index contributed by atoms with van der Waals surface area (Å²) in [5, 5.41) is 2.96. The van der Waals surface area contributed by atoms with Crippen LogP contribution in [0.15, 0.2) is 82.2 Å². The summed E-state index contributed by atoms with van der Waals surface area (Å²) in [6, 6.07) is 18.5. The number of sulfonamides is 1. The molecule has 1 aliphatic heterocycles. The number of rotatable bonds is 5. The molecule has 0 saturated heterocycles. The number of hydrogen-bond acceptors (Lipinski definition) is 3. The van der Waals surface area contributed by atoms with Crippen molar-refractivity contribution in [3.05, 3.63) is 99.8 Å². The van der Waals surface area contributed by atoms with E-state index in [1.807, 2.05) is 55.5 Å². The second-order valence-electron chi connectivity index (χ2n) is 7.77. The summed E-state index contributed by atoms with van der Waals surface area (Å²) >= 11 is 3.40. The highest BCUT2D eigenvalue weighted by atomic mass is 79.9. The van der Waals surface area contributed by atoms with Gasteiger partial charge in [0.1, 0.15) is 11.9 Å². The highest BCUT2D eigenvalue weighted by Crippen LogP contribution is 2.30. The van der Waals surface area contributed by atoms with E-state index >= 15 is 0 Å². The number of carbonyl (C=O) groups excluding carboxylic acids is 1. The van der Waals surface area contributed by atoms with Gasteiger partial charge in [-0.2, -0.15) is 4.31 Å². The molecule has 166 valence electrons. The zero-order valence-corrected chi connectivity index (χ0v) is 19.7. The molecule has 1 N–H and O–H groups in total. The number of halogens is 2. The van der Waals surface area contributed by atoms with Crippen LogP contribution in [0.2, 0.25) is 0 Å². The summed E-state index contributed by atoms with van der Waals surface area (Å²) < 4.78 is 42.4. The zero-order valence-electron chi connectivity index (χ0n) is 17.3. The first-order valence-corrected chi connectivity index (χ1v) is 12.4. The van der Waals surface area contributed by atoms with Crippen LogP contribution < -0.4 is 5.32 Å². The van der Waals surface area contributed by atoms with Gasteiger partial charge >= 0.3 is 0 Å². The van der Waals surface area contributed by atoms with E-state index in [1.54, 1.807) is 0 Å². The van der Waals surface area contributed by atoms with E-state index in [2.05, 4.69) is 21.2 Å². The number of nitrogens with zero attached hydrogens (tertiary/aromatic N) is 1. The minimum atomic E-state index is -4.02. The Hall–Kier alpha value is -2.55. The predicted octanol–water partition coefficient (Wildman–Crippen LogP) is 4.58. The van der Waals surface area contributed by atoms with Gasteiger partial charge in [-0.05, 0) is 66.4 Å². The smallest absolute Gasteiger partial charge is 0.244 e. The fourth-order valence-electron chi connectivity index (χ4n) is 3.86. The Kier molecular flexibility index (Phi) is 6.46. The first-order chi connectivity index (χ1) is 15.3. The maximum atomic E-state index is 13.4. The maximum absolute atomic E-state index is 13.4. The minimum Gasteiger partial charge on any atom is -0.348 e. The van der Waals surface area contributed by atoms with Crippen LogP contribution in [0, 0.1) is 5.82 Å². The lowest BCUT2D eigenvalue weighted by Crippen LogP contribution is -2.52. The molecule has 8 heteroatoms. The average molecular weight is 517 g/mol. The van der Waals surface area contributed by atoms with Gasteiger partial charge in [0.15, 0.2) is 0 Å². The average Bonchev–Trinajstić information content (AvgIpc) is 2.78. The van der Waals surface area contributed by atoms with Crippen molar-refractivity contribution < 1.29 is 17.6 Å². The molecular formula is C24H22BrFN2O3S. The van der Waals surface area contributed by atoms with Crippen molar-refractivity contribution in [3.63, 3.8) is 0 Å². The lowest BCUT2D eigenvalue weighted by molar-refractivity contribution is -0.125. The van der Waals surface area contributed by atoms with Crippen LogP contribution >= 0.6 is 15.9 Å². The van der Waals surface area contributed by atoms with Crippen LogP contribution in [0.3, 0.4) is 0 Å². The van der Waals surface area contributed by atoms with Crippen molar-refractivity contribution in [2.24, 2.45) is 0 Å². The molecule has 0 fully saturated rings. The van der Waals surface area contributed by atoms with Gasteiger partial charge in [0.25, 0.3) is 0 Å². The van der Waals surface area contributed by atoms with Gasteiger partial charge < -0.3 is 5.32 Å². The van der Waals surface area contributed by atoms with Gasteiger partial charge in [-0.15, -0.1) is 0 Å². The molecule has 2 unspecified atom stereocenters. The van der Waals surface area contributed by atoms with E-state index in [9.17, 15) is 17.6 Å². The molecule has 0 spiro atoms. The third-order valence-corrected chi connectivity index (χ3v) is 8.05. The second-order valence-corrected chi connectivity index (χ2v) is 10.6. The Balaban J connectivity index is 1.66. The van der Waals surface area contributed by atoms with Crippen molar-refractivity contribution >= 4 is 31.9 Å². The number of hydrogen-bond donors (Lipinski definition) is 1. The minimum absolute atomic E-state index is 0.0444. The van der Waals surface area contributed by atoms with Gasteiger partial charge in [0, 0.05) is 11.0 Å². The first kappa shape index (κ1) is 22.6. The molecule has 0 saturated carbocycles. The molecular weight excluding hydrogens is 495 g/mol. The summed E-state index contributed by atoms with van der Waals surface area (Å²) in [7, 11) is -4.02. The van der Waals surface area contributed by atoms with Crippen LogP contribution in [-0.2, 0) is 27.8 Å². The molecule has 5 nitrogen and oxygen atoms in total. The molecule has 32 heavy (non-hydrogen) atoms. The maximum Gasteiger partial charge on any atom is 0.244 e. The van der Waals surface area contributed by atoms with Crippen LogP contribution in [0.5, 0.6) is 0 Å². The molecule has 1 amide bonds. The Bertz CT molecular complexity index is 1230. The molecule has 0 bridgehead atoms. The fourth-order valence-corrected chi connectivity index (χ4v) is 5.69. The first-order valence-electron chi connectivity index (χ1n) is 10.2. The summed E-state index contributed by atoms with van der Waals surface area (Å²) in [6.07, 6.45) is 0.259.